The highest BCUT2D eigenvalue weighted by atomic mass is 35.5. The minimum absolute atomic E-state index is 0.595. The van der Waals surface area contributed by atoms with E-state index in [0.29, 0.717) is 40.0 Å². The first-order chi connectivity index (χ1) is 62.9. The van der Waals surface area contributed by atoms with Crippen molar-refractivity contribution in [3.05, 3.63) is 441 Å². The van der Waals surface area contributed by atoms with Crippen molar-refractivity contribution in [3.63, 3.8) is 0 Å². The highest BCUT2D eigenvalue weighted by Crippen LogP contribution is 2.47. The maximum atomic E-state index is 6.81. The molecule has 127 heavy (non-hydrogen) atoms. The van der Waals surface area contributed by atoms with Gasteiger partial charge in [-0.3, -0.25) is 0 Å². The van der Waals surface area contributed by atoms with E-state index in [1.54, 1.807) is 0 Å². The highest BCUT2D eigenvalue weighted by molar-refractivity contribution is 6.32. The summed E-state index contributed by atoms with van der Waals surface area (Å²) in [6, 6.07) is 148. The lowest BCUT2D eigenvalue weighted by atomic mass is 9.99. The Labute approximate surface area is 734 Å². The first kappa shape index (κ1) is 74.1. The molecule has 7 aromatic heterocycles. The predicted molar refractivity (Wildman–Crippen MR) is 520 cm³/mol. The van der Waals surface area contributed by atoms with Crippen LogP contribution >= 0.6 is 11.6 Å². The van der Waals surface area contributed by atoms with E-state index in [9.17, 15) is 0 Å². The molecule has 1 aliphatic carbocycles. The van der Waals surface area contributed by atoms with E-state index in [1.165, 1.54) is 55.3 Å². The first-order valence-corrected chi connectivity index (χ1v) is 43.0. The molecular formula is C115H72ClN9O2. The number of rotatable bonds is 11. The normalized spacial score (nSPS) is 11.8. The molecule has 0 amide bonds. The second-order valence-corrected chi connectivity index (χ2v) is 32.5. The van der Waals surface area contributed by atoms with Gasteiger partial charge in [0.25, 0.3) is 0 Å². The van der Waals surface area contributed by atoms with Gasteiger partial charge in [0.1, 0.15) is 11.2 Å². The third kappa shape index (κ3) is 13.1. The van der Waals surface area contributed by atoms with Crippen molar-refractivity contribution in [3.8, 4) is 119 Å². The summed E-state index contributed by atoms with van der Waals surface area (Å²) in [6.45, 7) is 0. The van der Waals surface area contributed by atoms with Crippen molar-refractivity contribution in [1.82, 2.24) is 43.6 Å². The van der Waals surface area contributed by atoms with Gasteiger partial charge in [-0.2, -0.15) is 0 Å². The van der Waals surface area contributed by atoms with Crippen molar-refractivity contribution in [2.75, 3.05) is 0 Å². The molecule has 0 aliphatic heterocycles. The van der Waals surface area contributed by atoms with Gasteiger partial charge in [-0.05, 0) is 148 Å². The van der Waals surface area contributed by atoms with Crippen LogP contribution in [-0.4, -0.2) is 43.6 Å². The van der Waals surface area contributed by atoms with Gasteiger partial charge in [0.2, 0.25) is 0 Å². The van der Waals surface area contributed by atoms with E-state index in [0.717, 1.165) is 155 Å². The fraction of sp³-hybridized carbons (Fsp3) is 0.00870. The smallest absolute Gasteiger partial charge is 0.164 e. The van der Waals surface area contributed by atoms with Gasteiger partial charge in [0, 0.05) is 109 Å². The van der Waals surface area contributed by atoms with Gasteiger partial charge in [-0.1, -0.05) is 339 Å². The van der Waals surface area contributed by atoms with Crippen LogP contribution in [0.25, 0.3) is 228 Å². The Balaban J connectivity index is 0.000000121. The maximum absolute atomic E-state index is 6.81. The van der Waals surface area contributed by atoms with Crippen molar-refractivity contribution in [1.29, 1.82) is 0 Å². The largest absolute Gasteiger partial charge is 0.454 e. The summed E-state index contributed by atoms with van der Waals surface area (Å²) in [5.41, 5.74) is 28.9. The quantitative estimate of drug-likeness (QED) is 0.126. The monoisotopic (exact) mass is 1650 g/mol. The SMILES string of the molecule is Clc1ccc2c3ccc4c5ccccc5oc4c3n(-c3cccc(-c4nc(-c5ccccc5)nc(-c5ccccc5)n4)c3)c2c1.c1ccc(-c2ccc3c(c2)-c2ccccc2C3)cc1.c1ccc(-c2ccc3c(c2)c2ccccc2n3-c2ccc3c4ccc5c6ccccc6oc5c4n(-c4cccc(-c5nc(-c6ccccc6)nc(-c6ccccc6)n5)c4)c3c2)cc1. The van der Waals surface area contributed by atoms with Gasteiger partial charge in [0.05, 0.1) is 33.1 Å². The molecule has 7 heterocycles. The van der Waals surface area contributed by atoms with Gasteiger partial charge >= 0.3 is 0 Å². The molecule has 0 fully saturated rings. The topological polar surface area (TPSA) is 118 Å². The van der Waals surface area contributed by atoms with Gasteiger partial charge in [-0.25, -0.2) is 29.9 Å². The van der Waals surface area contributed by atoms with Crippen LogP contribution < -0.4 is 0 Å². The van der Waals surface area contributed by atoms with Gasteiger partial charge in [-0.15, -0.1) is 0 Å². The van der Waals surface area contributed by atoms with Crippen LogP contribution in [0.3, 0.4) is 0 Å². The Kier molecular flexibility index (Phi) is 18.1. The molecule has 12 heteroatoms. The second-order valence-electron chi connectivity index (χ2n) is 32.1. The molecular weight excluding hydrogens is 1570 g/mol. The van der Waals surface area contributed by atoms with Crippen LogP contribution in [0.15, 0.2) is 433 Å². The van der Waals surface area contributed by atoms with Crippen LogP contribution in [0.2, 0.25) is 5.02 Å². The fourth-order valence-corrected chi connectivity index (χ4v) is 18.8. The number of nitrogens with zero attached hydrogens (tertiary/aromatic N) is 9. The number of hydrogen-bond donors (Lipinski definition) is 0. The van der Waals surface area contributed by atoms with E-state index in [-0.39, 0.29) is 0 Å². The molecule has 596 valence electrons. The number of aromatic nitrogens is 9. The number of para-hydroxylation sites is 3. The predicted octanol–water partition coefficient (Wildman–Crippen LogP) is 30.1. The maximum Gasteiger partial charge on any atom is 0.164 e. The lowest BCUT2D eigenvalue weighted by Crippen LogP contribution is -2.01. The Hall–Kier alpha value is -16.7. The summed E-state index contributed by atoms with van der Waals surface area (Å²) in [5, 5.41) is 11.9. The standard InChI is InChI=1S/C57H35N5O.C39H23ClN4O.C19H14/c1-4-15-36(16-5-1)39-27-32-50-48(34-39)43-23-10-12-25-49(43)61(50)42-28-29-44-46-30-31-47-45-24-11-13-26-52(45)63-54(47)53(46)62(51(44)35-42)41-22-14-21-40(33-41)57-59-55(37-17-6-2-7-18-37)58-56(60-57)38-19-8-3-9-20-38;40-27-18-19-29-31-20-21-32-30-16-7-8-17-34(30)45-36(32)35(31)44(33(29)23-27)28-15-9-14-26(22-28)39-42-37(24-10-3-1-4-11-24)41-38(43-39)25-12-5-2-6-13-25;1-2-6-14(7-3-1)15-10-11-17-12-16-8-4-5-9-18(16)19(17)13-15/h1-35H;1-23H;1-11,13H,12H2. The molecule has 0 radical (unpaired) electrons. The summed E-state index contributed by atoms with van der Waals surface area (Å²) in [7, 11) is 0. The van der Waals surface area contributed by atoms with E-state index in [2.05, 4.69) is 262 Å². The molecule has 0 unspecified atom stereocenters. The van der Waals surface area contributed by atoms with Crippen LogP contribution in [0.5, 0.6) is 0 Å². The third-order valence-electron chi connectivity index (χ3n) is 24.6. The summed E-state index contributed by atoms with van der Waals surface area (Å²) in [4.78, 5) is 30.0. The average Bonchev–Trinajstić information content (AvgIpc) is 1.56. The zero-order valence-corrected chi connectivity index (χ0v) is 69.1. The number of halogens is 1. The van der Waals surface area contributed by atoms with Crippen LogP contribution in [-0.2, 0) is 6.42 Å². The summed E-state index contributed by atoms with van der Waals surface area (Å²) in [6.07, 6.45) is 1.07. The molecule has 1 aliphatic rings. The number of hydrogen-bond acceptors (Lipinski definition) is 8. The molecule has 0 saturated carbocycles. The number of fused-ring (bicyclic) bond motifs is 20. The molecule has 0 bridgehead atoms. The Morgan fingerprint density at radius 2 is 0.567 bits per heavy atom. The van der Waals surface area contributed by atoms with E-state index in [4.69, 9.17) is 50.3 Å². The average molecular weight is 1650 g/mol. The zero-order chi connectivity index (χ0) is 84.0. The molecule has 25 aromatic rings. The van der Waals surface area contributed by atoms with Crippen LogP contribution in [0, 0.1) is 0 Å². The Bertz CT molecular complexity index is 8510. The lowest BCUT2D eigenvalue weighted by molar-refractivity contribution is 0.670. The van der Waals surface area contributed by atoms with E-state index < -0.39 is 0 Å². The van der Waals surface area contributed by atoms with Crippen molar-refractivity contribution < 1.29 is 8.83 Å². The van der Waals surface area contributed by atoms with Crippen molar-refractivity contribution >= 4 is 121 Å². The molecule has 0 saturated heterocycles. The lowest BCUT2D eigenvalue weighted by Gasteiger charge is -2.13. The van der Waals surface area contributed by atoms with Crippen LogP contribution in [0.4, 0.5) is 0 Å². The zero-order valence-electron chi connectivity index (χ0n) is 68.3. The summed E-state index contributed by atoms with van der Waals surface area (Å²) < 4.78 is 20.4. The van der Waals surface area contributed by atoms with Gasteiger partial charge < -0.3 is 22.5 Å². The fourth-order valence-electron chi connectivity index (χ4n) is 18.6. The Morgan fingerprint density at radius 1 is 0.205 bits per heavy atom. The number of furan rings is 2. The number of benzene rings is 18. The third-order valence-corrected chi connectivity index (χ3v) is 24.8. The minimum Gasteiger partial charge on any atom is -0.454 e. The van der Waals surface area contributed by atoms with E-state index in [1.807, 2.05) is 176 Å². The summed E-state index contributed by atoms with van der Waals surface area (Å²) in [5.74, 6) is 3.68. The van der Waals surface area contributed by atoms with Crippen molar-refractivity contribution in [2.24, 2.45) is 0 Å². The van der Waals surface area contributed by atoms with Gasteiger partial charge in [0.15, 0.2) is 46.1 Å². The molecule has 26 rings (SSSR count). The molecule has 0 spiro atoms. The second kappa shape index (κ2) is 31.0. The molecule has 18 aromatic carbocycles. The summed E-state index contributed by atoms with van der Waals surface area (Å²) >= 11 is 6.60. The minimum atomic E-state index is 0.595. The first-order valence-electron chi connectivity index (χ1n) is 42.6. The van der Waals surface area contributed by atoms with Crippen LogP contribution in [0.1, 0.15) is 11.1 Å². The van der Waals surface area contributed by atoms with E-state index >= 15 is 0 Å². The molecule has 0 N–H and O–H groups in total. The molecule has 11 nitrogen and oxygen atoms in total. The van der Waals surface area contributed by atoms with Crippen molar-refractivity contribution in [2.45, 2.75) is 6.42 Å². The highest BCUT2D eigenvalue weighted by Gasteiger charge is 2.26. The molecule has 0 atom stereocenters. The Morgan fingerprint density at radius 3 is 1.08 bits per heavy atom.